The van der Waals surface area contributed by atoms with Crippen LogP contribution in [-0.4, -0.2) is 29.1 Å². The number of rotatable bonds is 8. The van der Waals surface area contributed by atoms with Crippen LogP contribution in [0.3, 0.4) is 0 Å². The molecule has 0 bridgehead atoms. The average molecular weight is 515 g/mol. The topological polar surface area (TPSA) is 146 Å². The van der Waals surface area contributed by atoms with Crippen molar-refractivity contribution in [1.29, 1.82) is 0 Å². The van der Waals surface area contributed by atoms with E-state index in [2.05, 4.69) is 26.5 Å². The van der Waals surface area contributed by atoms with Gasteiger partial charge in [0, 0.05) is 16.1 Å². The molecule has 0 amide bonds. The van der Waals surface area contributed by atoms with Crippen LogP contribution in [0.1, 0.15) is 15.9 Å². The number of hydrazone groups is 1. The second-order valence-corrected chi connectivity index (χ2v) is 7.30. The lowest BCUT2D eigenvalue weighted by atomic mass is 10.2. The molecule has 0 aliphatic heterocycles. The molecule has 12 heteroatoms. The van der Waals surface area contributed by atoms with Crippen LogP contribution >= 0.6 is 15.9 Å². The molecule has 0 fully saturated rings. The molecule has 3 aromatic carbocycles. The first-order valence-electron chi connectivity index (χ1n) is 9.16. The number of nitrogens with one attached hydrogen (secondary N) is 1. The lowest BCUT2D eigenvalue weighted by Crippen LogP contribution is -2.10. The molecule has 3 rings (SSSR count). The Morgan fingerprint density at radius 2 is 1.76 bits per heavy atom. The molecule has 0 unspecified atom stereocenters. The van der Waals surface area contributed by atoms with Crippen LogP contribution < -0.4 is 14.9 Å². The minimum atomic E-state index is -0.758. The van der Waals surface area contributed by atoms with E-state index < -0.39 is 27.2 Å². The second-order valence-electron chi connectivity index (χ2n) is 6.39. The normalized spacial score (nSPS) is 10.6. The highest BCUT2D eigenvalue weighted by Gasteiger charge is 2.19. The summed E-state index contributed by atoms with van der Waals surface area (Å²) in [6, 6.07) is 14.4. The highest BCUT2D eigenvalue weighted by Crippen LogP contribution is 2.29. The van der Waals surface area contributed by atoms with E-state index in [1.165, 1.54) is 19.4 Å². The van der Waals surface area contributed by atoms with Gasteiger partial charge in [-0.3, -0.25) is 25.7 Å². The predicted octanol–water partition coefficient (Wildman–Crippen LogP) is 4.94. The summed E-state index contributed by atoms with van der Waals surface area (Å²) in [5.74, 6) is 0.186. The largest absolute Gasteiger partial charge is 0.497 e. The van der Waals surface area contributed by atoms with E-state index in [0.29, 0.717) is 21.3 Å². The summed E-state index contributed by atoms with van der Waals surface area (Å²) in [5.41, 5.74) is 2.21. The second kappa shape index (κ2) is 10.3. The Morgan fingerprint density at radius 1 is 1.03 bits per heavy atom. The third-order valence-corrected chi connectivity index (χ3v) is 4.77. The Labute approximate surface area is 195 Å². The zero-order chi connectivity index (χ0) is 24.0. The molecular weight excluding hydrogens is 500 g/mol. The van der Waals surface area contributed by atoms with Crippen LogP contribution in [0.5, 0.6) is 11.5 Å². The Balaban J connectivity index is 1.81. The van der Waals surface area contributed by atoms with Crippen LogP contribution in [0.4, 0.5) is 17.1 Å². The number of carbonyl (C=O) groups is 1. The minimum absolute atomic E-state index is 0.0476. The predicted molar refractivity (Wildman–Crippen MR) is 123 cm³/mol. The molecule has 11 nitrogen and oxygen atoms in total. The van der Waals surface area contributed by atoms with Crippen LogP contribution in [-0.2, 0) is 0 Å². The van der Waals surface area contributed by atoms with Crippen LogP contribution in [0, 0.1) is 20.2 Å². The van der Waals surface area contributed by atoms with Crippen molar-refractivity contribution in [3.63, 3.8) is 0 Å². The number of hydrogen-bond acceptors (Lipinski definition) is 9. The molecule has 3 aromatic rings. The molecule has 0 atom stereocenters. The highest BCUT2D eigenvalue weighted by molar-refractivity contribution is 9.10. The Bertz CT molecular complexity index is 1250. The van der Waals surface area contributed by atoms with Gasteiger partial charge in [-0.15, -0.1) is 0 Å². The zero-order valence-electron chi connectivity index (χ0n) is 16.9. The number of anilines is 1. The fourth-order valence-electron chi connectivity index (χ4n) is 2.65. The number of hydrogen-bond donors (Lipinski definition) is 1. The van der Waals surface area contributed by atoms with Gasteiger partial charge in [-0.05, 0) is 48.5 Å². The Hall–Kier alpha value is -4.32. The molecule has 0 aliphatic rings. The quantitative estimate of drug-likeness (QED) is 0.146. The molecule has 33 heavy (non-hydrogen) atoms. The molecule has 0 saturated carbocycles. The molecule has 0 spiro atoms. The summed E-state index contributed by atoms with van der Waals surface area (Å²) in [6.45, 7) is 0. The number of nitro groups is 2. The molecule has 0 aliphatic carbocycles. The summed E-state index contributed by atoms with van der Waals surface area (Å²) in [7, 11) is 1.51. The van der Waals surface area contributed by atoms with Crippen LogP contribution in [0.15, 0.2) is 70.2 Å². The first kappa shape index (κ1) is 23.3. The van der Waals surface area contributed by atoms with Crippen molar-refractivity contribution in [3.05, 3.63) is 96.5 Å². The van der Waals surface area contributed by atoms with Gasteiger partial charge in [0.05, 0.1) is 34.8 Å². The number of methoxy groups -OCH3 is 1. The van der Waals surface area contributed by atoms with Crippen molar-refractivity contribution in [2.24, 2.45) is 5.10 Å². The molecule has 0 aromatic heterocycles. The summed E-state index contributed by atoms with van der Waals surface area (Å²) in [4.78, 5) is 33.1. The van der Waals surface area contributed by atoms with Gasteiger partial charge in [0.2, 0.25) is 0 Å². The van der Waals surface area contributed by atoms with Crippen molar-refractivity contribution in [1.82, 2.24) is 0 Å². The molecule has 1 N–H and O–H groups in total. The van der Waals surface area contributed by atoms with E-state index in [1.54, 1.807) is 42.5 Å². The molecule has 0 heterocycles. The summed E-state index contributed by atoms with van der Waals surface area (Å²) in [5, 5.41) is 26.1. The zero-order valence-corrected chi connectivity index (χ0v) is 18.5. The summed E-state index contributed by atoms with van der Waals surface area (Å²) in [6.07, 6.45) is 1.30. The van der Waals surface area contributed by atoms with E-state index >= 15 is 0 Å². The lowest BCUT2D eigenvalue weighted by Gasteiger charge is -2.09. The van der Waals surface area contributed by atoms with Gasteiger partial charge in [-0.25, -0.2) is 4.79 Å². The van der Waals surface area contributed by atoms with Crippen molar-refractivity contribution in [2.75, 3.05) is 12.5 Å². The number of nitrogens with zero attached hydrogens (tertiary/aromatic N) is 3. The van der Waals surface area contributed by atoms with Crippen molar-refractivity contribution in [3.8, 4) is 11.5 Å². The van der Waals surface area contributed by atoms with Crippen molar-refractivity contribution >= 4 is 45.2 Å². The first-order chi connectivity index (χ1) is 15.8. The number of esters is 1. The van der Waals surface area contributed by atoms with Gasteiger partial charge in [-0.1, -0.05) is 15.9 Å². The molecule has 0 saturated heterocycles. The number of halogens is 1. The maximum atomic E-state index is 12.5. The van der Waals surface area contributed by atoms with Gasteiger partial charge in [0.1, 0.15) is 17.2 Å². The van der Waals surface area contributed by atoms with Gasteiger partial charge < -0.3 is 9.47 Å². The van der Waals surface area contributed by atoms with Gasteiger partial charge in [0.25, 0.3) is 5.69 Å². The fourth-order valence-corrected chi connectivity index (χ4v) is 3.03. The smallest absolute Gasteiger partial charge is 0.343 e. The van der Waals surface area contributed by atoms with E-state index in [1.807, 2.05) is 0 Å². The van der Waals surface area contributed by atoms with Crippen LogP contribution in [0.25, 0.3) is 0 Å². The van der Waals surface area contributed by atoms with E-state index in [9.17, 15) is 25.0 Å². The number of benzene rings is 3. The number of ether oxygens (including phenoxy) is 2. The number of carbonyl (C=O) groups excluding carboxylic acids is 1. The Kier molecular flexibility index (Phi) is 7.31. The highest BCUT2D eigenvalue weighted by atomic mass is 79.9. The molecular formula is C21H15BrN4O7. The molecule has 0 radical (unpaired) electrons. The fraction of sp³-hybridized carbons (Fsp3) is 0.0476. The van der Waals surface area contributed by atoms with E-state index in [4.69, 9.17) is 9.47 Å². The first-order valence-corrected chi connectivity index (χ1v) is 9.95. The van der Waals surface area contributed by atoms with E-state index in [0.717, 1.165) is 12.1 Å². The number of nitro benzene ring substituents is 2. The van der Waals surface area contributed by atoms with Crippen molar-refractivity contribution < 1.29 is 24.1 Å². The SMILES string of the molecule is COc1ccc(C(=O)Oc2ccc(Br)cc2/C=N\Nc2ccc([N+](=O)[O-])cc2[N+](=O)[O-])cc1. The maximum Gasteiger partial charge on any atom is 0.343 e. The minimum Gasteiger partial charge on any atom is -0.497 e. The van der Waals surface area contributed by atoms with Crippen molar-refractivity contribution in [2.45, 2.75) is 0 Å². The van der Waals surface area contributed by atoms with E-state index in [-0.39, 0.29) is 11.4 Å². The van der Waals surface area contributed by atoms with Gasteiger partial charge in [-0.2, -0.15) is 5.10 Å². The lowest BCUT2D eigenvalue weighted by molar-refractivity contribution is -0.393. The third-order valence-electron chi connectivity index (χ3n) is 4.28. The van der Waals surface area contributed by atoms with Gasteiger partial charge >= 0.3 is 11.7 Å². The maximum absolute atomic E-state index is 12.5. The average Bonchev–Trinajstić information content (AvgIpc) is 2.80. The monoisotopic (exact) mass is 514 g/mol. The van der Waals surface area contributed by atoms with Crippen LogP contribution in [0.2, 0.25) is 0 Å². The van der Waals surface area contributed by atoms with Gasteiger partial charge in [0.15, 0.2) is 0 Å². The summed E-state index contributed by atoms with van der Waals surface area (Å²) >= 11 is 3.32. The molecule has 168 valence electrons. The third kappa shape index (κ3) is 5.89. The standard InChI is InChI=1S/C21H15BrN4O7/c1-32-17-6-2-13(3-7-17)21(27)33-20-9-4-15(22)10-14(20)12-23-24-18-8-5-16(25(28)29)11-19(18)26(30)31/h2-12,24H,1H3/b23-12-. The number of non-ortho nitro benzene ring substituents is 1. The Morgan fingerprint density at radius 3 is 2.39 bits per heavy atom. The summed E-state index contributed by atoms with van der Waals surface area (Å²) < 4.78 is 11.2.